The van der Waals surface area contributed by atoms with Gasteiger partial charge < -0.3 is 4.74 Å². The summed E-state index contributed by atoms with van der Waals surface area (Å²) in [5.41, 5.74) is 1.65. The number of hydrogen-bond acceptors (Lipinski definition) is 6. The van der Waals surface area contributed by atoms with Crippen molar-refractivity contribution in [1.82, 2.24) is 15.0 Å². The van der Waals surface area contributed by atoms with Crippen LogP contribution in [0, 0.1) is 11.6 Å². The van der Waals surface area contributed by atoms with Crippen molar-refractivity contribution in [1.29, 1.82) is 0 Å². The molecule has 3 aromatic heterocycles. The molecule has 0 spiro atoms. The van der Waals surface area contributed by atoms with Gasteiger partial charge in [-0.25, -0.2) is 13.8 Å². The first-order valence-corrected chi connectivity index (χ1v) is 9.61. The van der Waals surface area contributed by atoms with Crippen LogP contribution in [0.1, 0.15) is 10.4 Å². The van der Waals surface area contributed by atoms with Crippen molar-refractivity contribution in [2.75, 3.05) is 12.4 Å². The number of nitrogens with one attached hydrogen (secondary N) is 1. The molecule has 0 atom stereocenters. The van der Waals surface area contributed by atoms with Gasteiger partial charge in [0.1, 0.15) is 23.1 Å². The SMILES string of the molecule is COc1ccc(F)cc1-c1ncccc1C(=O)Nc1nc(-c2cc(F)ccn2)cs1. The molecule has 0 bridgehead atoms. The highest BCUT2D eigenvalue weighted by atomic mass is 32.1. The molecule has 0 aliphatic rings. The number of rotatable bonds is 5. The van der Waals surface area contributed by atoms with E-state index >= 15 is 0 Å². The molecule has 4 rings (SSSR count). The molecule has 0 saturated heterocycles. The van der Waals surface area contributed by atoms with Crippen LogP contribution in [0.15, 0.2) is 60.2 Å². The molecular weight excluding hydrogens is 410 g/mol. The van der Waals surface area contributed by atoms with E-state index in [2.05, 4.69) is 20.3 Å². The fraction of sp³-hybridized carbons (Fsp3) is 0.0476. The molecule has 0 fully saturated rings. The lowest BCUT2D eigenvalue weighted by Gasteiger charge is -2.11. The smallest absolute Gasteiger partial charge is 0.259 e. The second kappa shape index (κ2) is 8.34. The molecule has 150 valence electrons. The van der Waals surface area contributed by atoms with E-state index in [-0.39, 0.29) is 11.3 Å². The number of pyridine rings is 2. The largest absolute Gasteiger partial charge is 0.496 e. The summed E-state index contributed by atoms with van der Waals surface area (Å²) in [7, 11) is 1.46. The third-order valence-corrected chi connectivity index (χ3v) is 4.94. The molecule has 4 aromatic rings. The number of benzene rings is 1. The molecule has 6 nitrogen and oxygen atoms in total. The Morgan fingerprint density at radius 3 is 2.67 bits per heavy atom. The Bertz CT molecular complexity index is 1230. The maximum atomic E-state index is 13.8. The maximum Gasteiger partial charge on any atom is 0.259 e. The van der Waals surface area contributed by atoms with Crippen molar-refractivity contribution in [3.05, 3.63) is 77.4 Å². The first-order chi connectivity index (χ1) is 14.5. The zero-order valence-corrected chi connectivity index (χ0v) is 16.4. The zero-order chi connectivity index (χ0) is 21.1. The summed E-state index contributed by atoms with van der Waals surface area (Å²) in [6, 6.07) is 9.68. The van der Waals surface area contributed by atoms with Crippen molar-refractivity contribution in [2.45, 2.75) is 0 Å². The van der Waals surface area contributed by atoms with Gasteiger partial charge in [0.15, 0.2) is 5.13 Å². The van der Waals surface area contributed by atoms with E-state index in [4.69, 9.17) is 4.74 Å². The Labute approximate surface area is 174 Å². The minimum absolute atomic E-state index is 0.224. The first kappa shape index (κ1) is 19.6. The summed E-state index contributed by atoms with van der Waals surface area (Å²) in [5.74, 6) is -0.993. The lowest BCUT2D eigenvalue weighted by Crippen LogP contribution is -2.14. The quantitative estimate of drug-likeness (QED) is 0.498. The number of hydrogen-bond donors (Lipinski definition) is 1. The first-order valence-electron chi connectivity index (χ1n) is 8.73. The molecular formula is C21H14F2N4O2S. The molecule has 0 aliphatic heterocycles. The van der Waals surface area contributed by atoms with Gasteiger partial charge in [-0.1, -0.05) is 0 Å². The Morgan fingerprint density at radius 1 is 1.03 bits per heavy atom. The topological polar surface area (TPSA) is 77.0 Å². The average molecular weight is 424 g/mol. The van der Waals surface area contributed by atoms with E-state index < -0.39 is 17.5 Å². The van der Waals surface area contributed by atoms with Gasteiger partial charge in [-0.3, -0.25) is 20.1 Å². The molecule has 0 saturated carbocycles. The molecule has 0 aliphatic carbocycles. The molecule has 0 unspecified atom stereocenters. The fourth-order valence-corrected chi connectivity index (χ4v) is 3.53. The predicted octanol–water partition coefficient (Wildman–Crippen LogP) is 4.81. The third-order valence-electron chi connectivity index (χ3n) is 4.18. The van der Waals surface area contributed by atoms with Gasteiger partial charge in [0.05, 0.1) is 24.1 Å². The minimum atomic E-state index is -0.477. The highest BCUT2D eigenvalue weighted by Gasteiger charge is 2.19. The van der Waals surface area contributed by atoms with Crippen LogP contribution >= 0.6 is 11.3 Å². The van der Waals surface area contributed by atoms with Gasteiger partial charge in [-0.2, -0.15) is 0 Å². The van der Waals surface area contributed by atoms with E-state index in [1.807, 2.05) is 0 Å². The molecule has 1 N–H and O–H groups in total. The van der Waals surface area contributed by atoms with Crippen LogP contribution in [0.2, 0.25) is 0 Å². The van der Waals surface area contributed by atoms with Crippen LogP contribution < -0.4 is 10.1 Å². The zero-order valence-electron chi connectivity index (χ0n) is 15.6. The van der Waals surface area contributed by atoms with E-state index in [1.165, 1.54) is 61.2 Å². The lowest BCUT2D eigenvalue weighted by atomic mass is 10.0. The van der Waals surface area contributed by atoms with Crippen LogP contribution in [0.25, 0.3) is 22.6 Å². The van der Waals surface area contributed by atoms with Crippen molar-refractivity contribution in [2.24, 2.45) is 0 Å². The number of ether oxygens (including phenoxy) is 1. The molecule has 30 heavy (non-hydrogen) atoms. The fourth-order valence-electron chi connectivity index (χ4n) is 2.83. The van der Waals surface area contributed by atoms with E-state index in [0.717, 1.165) is 0 Å². The van der Waals surface area contributed by atoms with Crippen LogP contribution in [0.5, 0.6) is 5.75 Å². The number of amides is 1. The van der Waals surface area contributed by atoms with Crippen molar-refractivity contribution in [3.63, 3.8) is 0 Å². The summed E-state index contributed by atoms with van der Waals surface area (Å²) in [4.78, 5) is 25.5. The van der Waals surface area contributed by atoms with Gasteiger partial charge in [-0.15, -0.1) is 11.3 Å². The van der Waals surface area contributed by atoms with Gasteiger partial charge in [0.2, 0.25) is 0 Å². The number of methoxy groups -OCH3 is 1. The number of carbonyl (C=O) groups is 1. The van der Waals surface area contributed by atoms with Crippen molar-refractivity contribution >= 4 is 22.4 Å². The van der Waals surface area contributed by atoms with Crippen LogP contribution in [0.4, 0.5) is 13.9 Å². The second-order valence-electron chi connectivity index (χ2n) is 6.10. The highest BCUT2D eigenvalue weighted by Crippen LogP contribution is 2.32. The van der Waals surface area contributed by atoms with Gasteiger partial charge >= 0.3 is 0 Å². The summed E-state index contributed by atoms with van der Waals surface area (Å²) in [5, 5.41) is 4.67. The summed E-state index contributed by atoms with van der Waals surface area (Å²) >= 11 is 1.17. The molecule has 1 amide bonds. The standard InChI is InChI=1S/C21H14F2N4O2S/c1-29-18-5-4-12(22)9-15(18)19-14(3-2-7-25-19)20(28)27-21-26-17(11-30-21)16-10-13(23)6-8-24-16/h2-11H,1H3,(H,26,27,28). The third kappa shape index (κ3) is 4.01. The monoisotopic (exact) mass is 424 g/mol. The van der Waals surface area contributed by atoms with E-state index in [1.54, 1.807) is 17.5 Å². The Balaban J connectivity index is 1.64. The Hall–Kier alpha value is -3.72. The van der Waals surface area contributed by atoms with Crippen LogP contribution in [0.3, 0.4) is 0 Å². The highest BCUT2D eigenvalue weighted by molar-refractivity contribution is 7.14. The second-order valence-corrected chi connectivity index (χ2v) is 6.95. The average Bonchev–Trinajstić information content (AvgIpc) is 3.22. The summed E-state index contributed by atoms with van der Waals surface area (Å²) < 4.78 is 32.5. The Morgan fingerprint density at radius 2 is 1.87 bits per heavy atom. The van der Waals surface area contributed by atoms with E-state index in [9.17, 15) is 13.6 Å². The number of aromatic nitrogens is 3. The maximum absolute atomic E-state index is 13.8. The molecule has 3 heterocycles. The molecule has 9 heteroatoms. The predicted molar refractivity (Wildman–Crippen MR) is 109 cm³/mol. The van der Waals surface area contributed by atoms with Gasteiger partial charge in [-0.05, 0) is 36.4 Å². The van der Waals surface area contributed by atoms with Crippen molar-refractivity contribution < 1.29 is 18.3 Å². The Kier molecular flexibility index (Phi) is 5.44. The number of carbonyl (C=O) groups excluding carboxylic acids is 1. The molecule has 0 radical (unpaired) electrons. The summed E-state index contributed by atoms with van der Waals surface area (Å²) in [6.45, 7) is 0. The van der Waals surface area contributed by atoms with Crippen molar-refractivity contribution in [3.8, 4) is 28.4 Å². The number of nitrogens with zero attached hydrogens (tertiary/aromatic N) is 3. The van der Waals surface area contributed by atoms with Gasteiger partial charge in [0.25, 0.3) is 5.91 Å². The lowest BCUT2D eigenvalue weighted by molar-refractivity contribution is 0.102. The molecule has 1 aromatic carbocycles. The summed E-state index contributed by atoms with van der Waals surface area (Å²) in [6.07, 6.45) is 2.85. The normalized spacial score (nSPS) is 10.6. The number of anilines is 1. The number of thiazole rings is 1. The van der Waals surface area contributed by atoms with E-state index in [0.29, 0.717) is 27.8 Å². The van der Waals surface area contributed by atoms with Gasteiger partial charge in [0, 0.05) is 29.4 Å². The van der Waals surface area contributed by atoms with Crippen LogP contribution in [-0.4, -0.2) is 28.0 Å². The van der Waals surface area contributed by atoms with Crippen LogP contribution in [-0.2, 0) is 0 Å². The minimum Gasteiger partial charge on any atom is -0.496 e. The number of halogens is 2.